The summed E-state index contributed by atoms with van der Waals surface area (Å²) in [5, 5.41) is 1.99. The van der Waals surface area contributed by atoms with Crippen molar-refractivity contribution in [3.05, 3.63) is 74.9 Å². The molecule has 0 amide bonds. The molecule has 6 nitrogen and oxygen atoms in total. The number of ketones is 1. The summed E-state index contributed by atoms with van der Waals surface area (Å²) >= 11 is 16.5. The lowest BCUT2D eigenvalue weighted by atomic mass is 9.88. The van der Waals surface area contributed by atoms with Crippen LogP contribution in [0.4, 0.5) is 0 Å². The van der Waals surface area contributed by atoms with Crippen molar-refractivity contribution in [3.63, 3.8) is 0 Å². The normalized spacial score (nSPS) is 12.8. The van der Waals surface area contributed by atoms with Gasteiger partial charge in [-0.3, -0.25) is 9.35 Å². The lowest BCUT2D eigenvalue weighted by Gasteiger charge is -2.15. The van der Waals surface area contributed by atoms with Gasteiger partial charge in [0.1, 0.15) is 0 Å². The maximum atomic E-state index is 13.2. The number of halogens is 3. The monoisotopic (exact) mass is 550 g/mol. The van der Waals surface area contributed by atoms with Crippen molar-refractivity contribution in [2.45, 2.75) is 27.3 Å². The molecule has 182 valence electrons. The van der Waals surface area contributed by atoms with Crippen molar-refractivity contribution in [1.82, 2.24) is 9.71 Å². The van der Waals surface area contributed by atoms with Crippen LogP contribution in [0, 0.1) is 5.41 Å². The van der Waals surface area contributed by atoms with Gasteiger partial charge >= 0.3 is 0 Å². The summed E-state index contributed by atoms with van der Waals surface area (Å²) in [5.74, 6) is -0.172. The number of Topliss-reactive ketones (excluding diaryl/α,β-unsaturated/α-hetero) is 1. The highest BCUT2D eigenvalue weighted by Gasteiger charge is 2.31. The molecule has 0 radical (unpaired) electrons. The molecule has 0 saturated carbocycles. The molecule has 0 aliphatic carbocycles. The minimum absolute atomic E-state index is 0.0734. The van der Waals surface area contributed by atoms with Gasteiger partial charge in [-0.2, -0.15) is 0 Å². The second kappa shape index (κ2) is 10.0. The second-order valence-electron chi connectivity index (χ2n) is 8.93. The fourth-order valence-electron chi connectivity index (χ4n) is 3.64. The second-order valence-corrected chi connectivity index (χ2v) is 11.0. The molecular formula is C25H21Cl3N2O4S. The molecule has 0 bridgehead atoms. The Morgan fingerprint density at radius 2 is 1.69 bits per heavy atom. The highest BCUT2D eigenvalue weighted by atomic mass is 35.5. The van der Waals surface area contributed by atoms with Gasteiger partial charge in [0.15, 0.2) is 5.76 Å². The van der Waals surface area contributed by atoms with E-state index in [1.807, 2.05) is 18.2 Å². The van der Waals surface area contributed by atoms with Crippen LogP contribution in [0.2, 0.25) is 15.1 Å². The van der Waals surface area contributed by atoms with E-state index in [1.165, 1.54) is 0 Å². The smallest absolute Gasteiger partial charge is 0.232 e. The Labute approximate surface area is 220 Å². The average molecular weight is 552 g/mol. The molecule has 0 spiro atoms. The first-order valence-corrected chi connectivity index (χ1v) is 12.8. The average Bonchev–Trinajstić information content (AvgIpc) is 3.13. The summed E-state index contributed by atoms with van der Waals surface area (Å²) in [7, 11) is 0. The number of hydrogen-bond donors (Lipinski definition) is 2. The van der Waals surface area contributed by atoms with Crippen LogP contribution in [0.15, 0.2) is 52.9 Å². The van der Waals surface area contributed by atoms with Crippen molar-refractivity contribution < 1.29 is 18.0 Å². The van der Waals surface area contributed by atoms with E-state index in [4.69, 9.17) is 44.2 Å². The zero-order valence-corrected chi connectivity index (χ0v) is 22.1. The number of carbonyl (C=O) groups excluding carboxylic acids is 1. The maximum Gasteiger partial charge on any atom is 0.232 e. The first-order chi connectivity index (χ1) is 16.5. The fraction of sp³-hybridized carbons (Fsp3) is 0.200. The number of pyridine rings is 1. The first-order valence-electron chi connectivity index (χ1n) is 10.5. The van der Waals surface area contributed by atoms with E-state index >= 15 is 0 Å². The Bertz CT molecular complexity index is 1460. The first kappa shape index (κ1) is 25.8. The van der Waals surface area contributed by atoms with Gasteiger partial charge in [0.25, 0.3) is 0 Å². The van der Waals surface area contributed by atoms with Gasteiger partial charge in [0.2, 0.25) is 22.8 Å². The van der Waals surface area contributed by atoms with E-state index in [0.717, 1.165) is 5.56 Å². The number of hydrogen-bond acceptors (Lipinski definition) is 4. The Hall–Kier alpha value is -2.26. The molecule has 1 atom stereocenters. The summed E-state index contributed by atoms with van der Waals surface area (Å²) in [6.07, 6.45) is 0. The van der Waals surface area contributed by atoms with Crippen LogP contribution in [0.5, 0.6) is 0 Å². The van der Waals surface area contributed by atoms with Gasteiger partial charge < -0.3 is 4.42 Å². The number of fused-ring (bicyclic) bond motifs is 1. The number of benzene rings is 2. The van der Waals surface area contributed by atoms with Crippen LogP contribution in [0.25, 0.3) is 33.5 Å². The van der Waals surface area contributed by atoms with Gasteiger partial charge in [-0.1, -0.05) is 67.7 Å². The molecule has 35 heavy (non-hydrogen) atoms. The predicted octanol–water partition coefficient (Wildman–Crippen LogP) is 7.58. The Morgan fingerprint density at radius 1 is 1.03 bits per heavy atom. The van der Waals surface area contributed by atoms with Gasteiger partial charge in [0.05, 0.1) is 10.7 Å². The van der Waals surface area contributed by atoms with E-state index in [-0.39, 0.29) is 23.8 Å². The quantitative estimate of drug-likeness (QED) is 0.190. The fourth-order valence-corrected chi connectivity index (χ4v) is 4.53. The molecule has 0 fully saturated rings. The lowest BCUT2D eigenvalue weighted by Crippen LogP contribution is -2.23. The Morgan fingerprint density at radius 3 is 2.29 bits per heavy atom. The predicted molar refractivity (Wildman–Crippen MR) is 141 cm³/mol. The van der Waals surface area contributed by atoms with Crippen molar-refractivity contribution in [3.8, 4) is 22.4 Å². The third-order valence-corrected chi connectivity index (χ3v) is 6.58. The zero-order chi connectivity index (χ0) is 25.5. The van der Waals surface area contributed by atoms with Crippen LogP contribution in [-0.2, 0) is 17.8 Å². The highest BCUT2D eigenvalue weighted by Crippen LogP contribution is 2.40. The maximum absolute atomic E-state index is 13.2. The molecule has 1 unspecified atom stereocenters. The van der Waals surface area contributed by atoms with Crippen LogP contribution in [0.1, 0.15) is 36.9 Å². The molecule has 4 aromatic rings. The topological polar surface area (TPSA) is 92.4 Å². The van der Waals surface area contributed by atoms with E-state index in [1.54, 1.807) is 51.1 Å². The third kappa shape index (κ3) is 5.45. The largest absolute Gasteiger partial charge is 0.434 e. The summed E-state index contributed by atoms with van der Waals surface area (Å²) in [5.41, 5.74) is 2.56. The van der Waals surface area contributed by atoms with Gasteiger partial charge in [-0.05, 0) is 42.0 Å². The standard InChI is InChI=1S/C25H21Cl3N2O4S/c1-25(2,3)23(31)22-19(12-29-35(32)33)18-11-17(13-4-6-14(26)7-5-13)21(30-24(18)34-22)16-9-8-15(27)10-20(16)28/h4-11,29H,12H2,1-3H3,(H,32,33). The molecule has 4 rings (SSSR count). The number of nitrogens with one attached hydrogen (secondary N) is 1. The Balaban J connectivity index is 2.05. The van der Waals surface area contributed by atoms with Crippen LogP contribution < -0.4 is 4.72 Å². The molecule has 2 aromatic heterocycles. The summed E-state index contributed by atoms with van der Waals surface area (Å²) in [4.78, 5) is 18.0. The summed E-state index contributed by atoms with van der Waals surface area (Å²) in [6.45, 7) is 5.25. The van der Waals surface area contributed by atoms with Crippen molar-refractivity contribution in [2.75, 3.05) is 0 Å². The van der Waals surface area contributed by atoms with E-state index < -0.39 is 16.7 Å². The van der Waals surface area contributed by atoms with Crippen LogP contribution >= 0.6 is 34.8 Å². The number of carbonyl (C=O) groups is 1. The molecule has 0 saturated heterocycles. The molecule has 2 aromatic carbocycles. The summed E-state index contributed by atoms with van der Waals surface area (Å²) < 4.78 is 29.1. The number of furan rings is 1. The molecule has 2 heterocycles. The minimum Gasteiger partial charge on any atom is -0.434 e. The highest BCUT2D eigenvalue weighted by molar-refractivity contribution is 7.77. The van der Waals surface area contributed by atoms with Crippen LogP contribution in [-0.4, -0.2) is 19.5 Å². The SMILES string of the molecule is CC(C)(C)C(=O)c1oc2nc(-c3ccc(Cl)cc3Cl)c(-c3ccc(Cl)cc3)cc2c1CNS(=O)O. The van der Waals surface area contributed by atoms with Crippen LogP contribution in [0.3, 0.4) is 0 Å². The van der Waals surface area contributed by atoms with Gasteiger partial charge in [-0.15, -0.1) is 0 Å². The Kier molecular flexibility index (Phi) is 7.38. The molecular weight excluding hydrogens is 531 g/mol. The van der Waals surface area contributed by atoms with Crippen molar-refractivity contribution in [1.29, 1.82) is 0 Å². The lowest BCUT2D eigenvalue weighted by molar-refractivity contribution is 0.0829. The molecule has 0 aliphatic heterocycles. The third-order valence-electron chi connectivity index (χ3n) is 5.39. The van der Waals surface area contributed by atoms with Gasteiger partial charge in [0, 0.05) is 44.1 Å². The van der Waals surface area contributed by atoms with Gasteiger partial charge in [-0.25, -0.2) is 13.9 Å². The molecule has 0 aliphatic rings. The van der Waals surface area contributed by atoms with Crippen molar-refractivity contribution in [2.24, 2.45) is 5.41 Å². The zero-order valence-electron chi connectivity index (χ0n) is 19.0. The number of nitrogens with zero attached hydrogens (tertiary/aromatic N) is 1. The minimum atomic E-state index is -2.29. The summed E-state index contributed by atoms with van der Waals surface area (Å²) in [6, 6.07) is 14.2. The van der Waals surface area contributed by atoms with E-state index in [2.05, 4.69) is 4.72 Å². The number of aromatic nitrogens is 1. The molecule has 2 N–H and O–H groups in total. The van der Waals surface area contributed by atoms with E-state index in [9.17, 15) is 13.6 Å². The number of rotatable bonds is 6. The molecule has 10 heteroatoms. The van der Waals surface area contributed by atoms with E-state index in [0.29, 0.717) is 42.8 Å². The van der Waals surface area contributed by atoms with Crippen molar-refractivity contribution >= 4 is 63.0 Å².